The van der Waals surface area contributed by atoms with Crippen molar-refractivity contribution in [2.24, 2.45) is 12.8 Å². The number of carbonyl (C=O) groups excluding carboxylic acids is 1. The van der Waals surface area contributed by atoms with Gasteiger partial charge < -0.3 is 19.8 Å². The lowest BCUT2D eigenvalue weighted by Gasteiger charge is -2.36. The van der Waals surface area contributed by atoms with Crippen molar-refractivity contribution in [2.45, 2.75) is 45.3 Å². The van der Waals surface area contributed by atoms with Crippen LogP contribution >= 0.6 is 0 Å². The summed E-state index contributed by atoms with van der Waals surface area (Å²) < 4.78 is 4.13. The second-order valence-electron chi connectivity index (χ2n) is 8.40. The number of aromatic nitrogens is 5. The predicted molar refractivity (Wildman–Crippen MR) is 121 cm³/mol. The second-order valence-corrected chi connectivity index (χ2v) is 8.40. The smallest absolute Gasteiger partial charge is 0.255 e. The summed E-state index contributed by atoms with van der Waals surface area (Å²) >= 11 is 0. The molecule has 1 amide bonds. The first kappa shape index (κ1) is 19.7. The average molecular weight is 418 g/mol. The van der Waals surface area contributed by atoms with Gasteiger partial charge in [-0.3, -0.25) is 4.79 Å². The van der Waals surface area contributed by atoms with E-state index in [2.05, 4.69) is 40.5 Å². The van der Waals surface area contributed by atoms with E-state index in [0.717, 1.165) is 47.6 Å². The van der Waals surface area contributed by atoms with Gasteiger partial charge in [-0.2, -0.15) is 0 Å². The molecule has 4 aromatic heterocycles. The highest BCUT2D eigenvalue weighted by Crippen LogP contribution is 2.29. The summed E-state index contributed by atoms with van der Waals surface area (Å²) in [6, 6.07) is 8.15. The minimum absolute atomic E-state index is 0.0304. The Morgan fingerprint density at radius 3 is 2.87 bits per heavy atom. The monoisotopic (exact) mass is 417 g/mol. The van der Waals surface area contributed by atoms with Crippen LogP contribution in [0.5, 0.6) is 0 Å². The molecular formula is C23H27N7O. The lowest BCUT2D eigenvalue weighted by atomic mass is 9.99. The number of aryl methyl sites for hydroxylation is 2. The van der Waals surface area contributed by atoms with Crippen LogP contribution in [0.15, 0.2) is 36.7 Å². The van der Waals surface area contributed by atoms with E-state index < -0.39 is 0 Å². The van der Waals surface area contributed by atoms with Crippen LogP contribution < -0.4 is 5.73 Å². The van der Waals surface area contributed by atoms with Crippen LogP contribution in [0.4, 0.5) is 0 Å². The Hall–Kier alpha value is -3.26. The number of nitrogens with two attached hydrogens (primary N) is 1. The van der Waals surface area contributed by atoms with E-state index in [1.165, 1.54) is 0 Å². The largest absolute Gasteiger partial charge is 0.334 e. The van der Waals surface area contributed by atoms with Gasteiger partial charge >= 0.3 is 0 Å². The number of likely N-dealkylation sites (tertiary alicyclic amines) is 1. The van der Waals surface area contributed by atoms with Crippen molar-refractivity contribution in [1.82, 2.24) is 29.0 Å². The number of hydrogen-bond donors (Lipinski definition) is 1. The molecule has 31 heavy (non-hydrogen) atoms. The standard InChI is InChI=1S/C23H27N7O/c1-4-29-19(11-15-6-5-9-25-20(15)29)22-27-18-10-16(12-26-21(18)28(22)3)23(31)30-13-17(24)8-7-14(30)2/h5-6,9-12,14,17H,4,7-8,13,24H2,1-3H3/t14-,17+/m1/s1. The zero-order valence-electron chi connectivity index (χ0n) is 18.1. The lowest BCUT2D eigenvalue weighted by Crippen LogP contribution is -2.50. The van der Waals surface area contributed by atoms with Gasteiger partial charge in [-0.1, -0.05) is 0 Å². The summed E-state index contributed by atoms with van der Waals surface area (Å²) in [4.78, 5) is 29.0. The molecule has 1 aliphatic heterocycles. The van der Waals surface area contributed by atoms with Gasteiger partial charge in [0.05, 0.1) is 11.3 Å². The molecule has 0 radical (unpaired) electrons. The molecule has 1 fully saturated rings. The summed E-state index contributed by atoms with van der Waals surface area (Å²) in [6.45, 7) is 5.53. The summed E-state index contributed by atoms with van der Waals surface area (Å²) in [6.07, 6.45) is 5.33. The minimum Gasteiger partial charge on any atom is -0.334 e. The van der Waals surface area contributed by atoms with E-state index in [0.29, 0.717) is 17.6 Å². The molecule has 1 saturated heterocycles. The Labute approximate surface area is 180 Å². The van der Waals surface area contributed by atoms with Gasteiger partial charge in [-0.05, 0) is 51.0 Å². The van der Waals surface area contributed by atoms with Gasteiger partial charge in [0.15, 0.2) is 11.5 Å². The van der Waals surface area contributed by atoms with E-state index >= 15 is 0 Å². The lowest BCUT2D eigenvalue weighted by molar-refractivity contribution is 0.0612. The first-order valence-electron chi connectivity index (χ1n) is 10.8. The number of amides is 1. The molecule has 8 heteroatoms. The third-order valence-electron chi connectivity index (χ3n) is 6.34. The molecule has 2 atom stereocenters. The number of pyridine rings is 2. The van der Waals surface area contributed by atoms with E-state index in [-0.39, 0.29) is 18.0 Å². The maximum atomic E-state index is 13.2. The van der Waals surface area contributed by atoms with Gasteiger partial charge in [0.2, 0.25) is 0 Å². The van der Waals surface area contributed by atoms with Crippen molar-refractivity contribution < 1.29 is 4.79 Å². The van der Waals surface area contributed by atoms with Crippen molar-refractivity contribution in [3.05, 3.63) is 42.2 Å². The molecule has 0 spiro atoms. The maximum absolute atomic E-state index is 13.2. The zero-order valence-corrected chi connectivity index (χ0v) is 18.1. The van der Waals surface area contributed by atoms with Crippen molar-refractivity contribution in [3.63, 3.8) is 0 Å². The summed E-state index contributed by atoms with van der Waals surface area (Å²) in [7, 11) is 1.95. The third-order valence-corrected chi connectivity index (χ3v) is 6.34. The van der Waals surface area contributed by atoms with Crippen LogP contribution in [0, 0.1) is 0 Å². The average Bonchev–Trinajstić information content (AvgIpc) is 3.31. The molecule has 0 saturated carbocycles. The van der Waals surface area contributed by atoms with E-state index in [1.807, 2.05) is 28.6 Å². The molecule has 0 aliphatic carbocycles. The first-order valence-corrected chi connectivity index (χ1v) is 10.8. The van der Waals surface area contributed by atoms with Gasteiger partial charge in [-0.25, -0.2) is 15.0 Å². The number of piperidine rings is 1. The molecule has 2 N–H and O–H groups in total. The van der Waals surface area contributed by atoms with Crippen molar-refractivity contribution >= 4 is 28.1 Å². The van der Waals surface area contributed by atoms with Gasteiger partial charge in [-0.15, -0.1) is 0 Å². The van der Waals surface area contributed by atoms with Crippen LogP contribution in [0.2, 0.25) is 0 Å². The number of rotatable bonds is 3. The number of carbonyl (C=O) groups is 1. The van der Waals surface area contributed by atoms with Crippen molar-refractivity contribution in [2.75, 3.05) is 6.54 Å². The molecular weight excluding hydrogens is 390 g/mol. The van der Waals surface area contributed by atoms with E-state index in [9.17, 15) is 4.79 Å². The Morgan fingerprint density at radius 1 is 1.23 bits per heavy atom. The highest BCUT2D eigenvalue weighted by atomic mass is 16.2. The Balaban J connectivity index is 1.57. The quantitative estimate of drug-likeness (QED) is 0.553. The number of hydrogen-bond acceptors (Lipinski definition) is 5. The molecule has 0 unspecified atom stereocenters. The first-order chi connectivity index (χ1) is 15.0. The summed E-state index contributed by atoms with van der Waals surface area (Å²) in [5, 5.41) is 1.07. The minimum atomic E-state index is -0.0314. The molecule has 0 aromatic carbocycles. The van der Waals surface area contributed by atoms with Crippen LogP contribution in [-0.4, -0.2) is 53.5 Å². The van der Waals surface area contributed by atoms with Crippen LogP contribution in [0.3, 0.4) is 0 Å². The Kier molecular flexibility index (Phi) is 4.74. The van der Waals surface area contributed by atoms with Crippen LogP contribution in [0.25, 0.3) is 33.7 Å². The van der Waals surface area contributed by atoms with Gasteiger partial charge in [0.1, 0.15) is 11.2 Å². The van der Waals surface area contributed by atoms with Crippen molar-refractivity contribution in [3.8, 4) is 11.5 Å². The number of nitrogens with zero attached hydrogens (tertiary/aromatic N) is 6. The molecule has 160 valence electrons. The molecule has 5 heterocycles. The maximum Gasteiger partial charge on any atom is 0.255 e. The predicted octanol–water partition coefficient (Wildman–Crippen LogP) is 2.96. The molecule has 5 rings (SSSR count). The fraction of sp³-hybridized carbons (Fsp3) is 0.391. The molecule has 8 nitrogen and oxygen atoms in total. The topological polar surface area (TPSA) is 94.9 Å². The fourth-order valence-corrected chi connectivity index (χ4v) is 4.60. The zero-order chi connectivity index (χ0) is 21.7. The summed E-state index contributed by atoms with van der Waals surface area (Å²) in [5.74, 6) is 0.774. The van der Waals surface area contributed by atoms with E-state index in [4.69, 9.17) is 10.7 Å². The Bertz CT molecular complexity index is 1290. The highest BCUT2D eigenvalue weighted by molar-refractivity contribution is 5.97. The molecule has 4 aromatic rings. The summed E-state index contributed by atoms with van der Waals surface area (Å²) in [5.41, 5.74) is 10.0. The molecule has 1 aliphatic rings. The van der Waals surface area contributed by atoms with Crippen LogP contribution in [0.1, 0.15) is 37.0 Å². The van der Waals surface area contributed by atoms with E-state index in [1.54, 1.807) is 12.4 Å². The fourth-order valence-electron chi connectivity index (χ4n) is 4.60. The normalized spacial score (nSPS) is 19.4. The third kappa shape index (κ3) is 3.18. The van der Waals surface area contributed by atoms with Gasteiger partial charge in [0, 0.05) is 50.0 Å². The number of imidazole rings is 1. The SMILES string of the molecule is CCn1c(-c2nc3cc(C(=O)N4C[C@@H](N)CC[C@H]4C)cnc3n2C)cc2cccnc21. The van der Waals surface area contributed by atoms with Crippen molar-refractivity contribution in [1.29, 1.82) is 0 Å². The molecule has 0 bridgehead atoms. The highest BCUT2D eigenvalue weighted by Gasteiger charge is 2.28. The van der Waals surface area contributed by atoms with Gasteiger partial charge in [0.25, 0.3) is 5.91 Å². The van der Waals surface area contributed by atoms with Crippen LogP contribution in [-0.2, 0) is 13.6 Å². The second kappa shape index (κ2) is 7.46. The number of fused-ring (bicyclic) bond motifs is 2. The Morgan fingerprint density at radius 2 is 2.06 bits per heavy atom.